The molecule has 106 valence electrons. The molecule has 1 heterocycles. The summed E-state index contributed by atoms with van der Waals surface area (Å²) in [6.07, 6.45) is 0. The summed E-state index contributed by atoms with van der Waals surface area (Å²) in [6.45, 7) is 0. The number of nitrogens with zero attached hydrogens (tertiary/aromatic N) is 1. The molecule has 2 aromatic carbocycles. The number of nitrogens with one attached hydrogen (secondary N) is 1. The first-order chi connectivity index (χ1) is 10.2. The number of hydrogen-bond donors (Lipinski definition) is 1. The lowest BCUT2D eigenvalue weighted by molar-refractivity contribution is -0.110. The van der Waals surface area contributed by atoms with E-state index in [2.05, 4.69) is 10.3 Å². The van der Waals surface area contributed by atoms with Crippen LogP contribution >= 0.6 is 0 Å². The average molecular weight is 282 g/mol. The second-order valence-corrected chi connectivity index (χ2v) is 4.50. The van der Waals surface area contributed by atoms with Crippen LogP contribution in [0.25, 0.3) is 0 Å². The van der Waals surface area contributed by atoms with Gasteiger partial charge in [0.2, 0.25) is 0 Å². The molecule has 2 aromatic rings. The third-order valence-electron chi connectivity index (χ3n) is 3.26. The zero-order chi connectivity index (χ0) is 14.8. The predicted molar refractivity (Wildman–Crippen MR) is 80.8 cm³/mol. The number of anilines is 1. The third-order valence-corrected chi connectivity index (χ3v) is 3.26. The summed E-state index contributed by atoms with van der Waals surface area (Å²) in [5.74, 6) is 1.01. The van der Waals surface area contributed by atoms with Crippen LogP contribution in [0, 0.1) is 0 Å². The van der Waals surface area contributed by atoms with Gasteiger partial charge in [-0.25, -0.2) is 4.99 Å². The van der Waals surface area contributed by atoms with Crippen molar-refractivity contribution in [1.82, 2.24) is 0 Å². The van der Waals surface area contributed by atoms with E-state index in [1.807, 2.05) is 24.3 Å². The molecule has 21 heavy (non-hydrogen) atoms. The van der Waals surface area contributed by atoms with Crippen LogP contribution in [-0.2, 0) is 4.79 Å². The van der Waals surface area contributed by atoms with Gasteiger partial charge in [-0.1, -0.05) is 18.2 Å². The fourth-order valence-electron chi connectivity index (χ4n) is 2.21. The van der Waals surface area contributed by atoms with E-state index < -0.39 is 0 Å². The van der Waals surface area contributed by atoms with E-state index in [9.17, 15) is 4.79 Å². The van der Waals surface area contributed by atoms with E-state index in [0.29, 0.717) is 22.9 Å². The topological polar surface area (TPSA) is 59.9 Å². The number of benzene rings is 2. The van der Waals surface area contributed by atoms with Gasteiger partial charge in [-0.05, 0) is 18.2 Å². The van der Waals surface area contributed by atoms with Crippen molar-refractivity contribution in [2.75, 3.05) is 19.5 Å². The molecule has 0 aromatic heterocycles. The van der Waals surface area contributed by atoms with Crippen LogP contribution in [0.3, 0.4) is 0 Å². The smallest absolute Gasteiger partial charge is 0.275 e. The quantitative estimate of drug-likeness (QED) is 0.941. The van der Waals surface area contributed by atoms with Gasteiger partial charge in [-0.2, -0.15) is 0 Å². The van der Waals surface area contributed by atoms with E-state index >= 15 is 0 Å². The fraction of sp³-hybridized carbons (Fsp3) is 0.125. The first kappa shape index (κ1) is 13.2. The summed E-state index contributed by atoms with van der Waals surface area (Å²) in [7, 11) is 3.14. The van der Waals surface area contributed by atoms with Crippen molar-refractivity contribution in [3.05, 3.63) is 48.0 Å². The molecule has 0 aliphatic carbocycles. The number of hydrogen-bond acceptors (Lipinski definition) is 4. The van der Waals surface area contributed by atoms with Gasteiger partial charge in [0, 0.05) is 11.6 Å². The largest absolute Gasteiger partial charge is 0.497 e. The Bertz CT molecular complexity index is 738. The zero-order valence-corrected chi connectivity index (χ0v) is 11.7. The molecule has 0 atom stereocenters. The number of para-hydroxylation sites is 1. The molecule has 0 radical (unpaired) electrons. The van der Waals surface area contributed by atoms with E-state index in [0.717, 1.165) is 11.3 Å². The maximum atomic E-state index is 12.1. The summed E-state index contributed by atoms with van der Waals surface area (Å²) >= 11 is 0. The van der Waals surface area contributed by atoms with Crippen LogP contribution < -0.4 is 14.8 Å². The van der Waals surface area contributed by atoms with Crippen LogP contribution in [0.2, 0.25) is 0 Å². The molecule has 3 rings (SSSR count). The summed E-state index contributed by atoms with van der Waals surface area (Å²) in [5, 5.41) is 2.79. The molecule has 1 aliphatic rings. The number of ether oxygens (including phenoxy) is 2. The van der Waals surface area contributed by atoms with E-state index in [1.165, 1.54) is 0 Å². The lowest BCUT2D eigenvalue weighted by atomic mass is 10.1. The number of fused-ring (bicyclic) bond motifs is 1. The van der Waals surface area contributed by atoms with Gasteiger partial charge in [-0.3, -0.25) is 4.79 Å². The van der Waals surface area contributed by atoms with Gasteiger partial charge in [0.25, 0.3) is 5.91 Å². The van der Waals surface area contributed by atoms with Crippen LogP contribution in [0.4, 0.5) is 11.4 Å². The normalized spacial score (nSPS) is 14.8. The second-order valence-electron chi connectivity index (χ2n) is 4.50. The molecule has 5 nitrogen and oxygen atoms in total. The minimum Gasteiger partial charge on any atom is -0.497 e. The minimum atomic E-state index is -0.214. The van der Waals surface area contributed by atoms with Crippen LogP contribution in [-0.4, -0.2) is 25.8 Å². The number of carbonyl (C=O) groups is 1. The summed E-state index contributed by atoms with van der Waals surface area (Å²) in [5.41, 5.74) is 2.53. The molecule has 1 aliphatic heterocycles. The zero-order valence-electron chi connectivity index (χ0n) is 11.7. The summed E-state index contributed by atoms with van der Waals surface area (Å²) < 4.78 is 10.5. The number of amides is 1. The molecule has 0 saturated carbocycles. The molecule has 1 N–H and O–H groups in total. The number of rotatable bonds is 3. The molecule has 0 fully saturated rings. The first-order valence-electron chi connectivity index (χ1n) is 6.44. The van der Waals surface area contributed by atoms with Gasteiger partial charge in [-0.15, -0.1) is 0 Å². The fourth-order valence-corrected chi connectivity index (χ4v) is 2.21. The molecule has 0 spiro atoms. The van der Waals surface area contributed by atoms with Crippen molar-refractivity contribution in [3.63, 3.8) is 0 Å². The Hall–Kier alpha value is -2.82. The Kier molecular flexibility index (Phi) is 3.31. The van der Waals surface area contributed by atoms with Crippen LogP contribution in [0.5, 0.6) is 11.5 Å². The number of aliphatic imine (C=N–C) groups is 1. The molecule has 0 saturated heterocycles. The van der Waals surface area contributed by atoms with Gasteiger partial charge >= 0.3 is 0 Å². The molecule has 5 heteroatoms. The van der Waals surface area contributed by atoms with E-state index in [-0.39, 0.29) is 5.91 Å². The van der Waals surface area contributed by atoms with Crippen molar-refractivity contribution >= 4 is 23.0 Å². The van der Waals surface area contributed by atoms with Crippen molar-refractivity contribution < 1.29 is 14.3 Å². The van der Waals surface area contributed by atoms with Crippen molar-refractivity contribution in [2.45, 2.75) is 0 Å². The lowest BCUT2D eigenvalue weighted by Crippen LogP contribution is -2.13. The van der Waals surface area contributed by atoms with Crippen molar-refractivity contribution in [3.8, 4) is 11.5 Å². The van der Waals surface area contributed by atoms with E-state index in [4.69, 9.17) is 9.47 Å². The molecular weight excluding hydrogens is 268 g/mol. The predicted octanol–water partition coefficient (Wildman–Crippen LogP) is 2.78. The van der Waals surface area contributed by atoms with Crippen LogP contribution in [0.15, 0.2) is 47.5 Å². The first-order valence-corrected chi connectivity index (χ1v) is 6.44. The molecule has 1 amide bonds. The Morgan fingerprint density at radius 3 is 2.62 bits per heavy atom. The van der Waals surface area contributed by atoms with Gasteiger partial charge in [0.15, 0.2) is 0 Å². The Morgan fingerprint density at radius 2 is 1.86 bits per heavy atom. The Morgan fingerprint density at radius 1 is 1.05 bits per heavy atom. The third kappa shape index (κ3) is 2.33. The highest BCUT2D eigenvalue weighted by molar-refractivity contribution is 6.54. The van der Waals surface area contributed by atoms with E-state index in [1.54, 1.807) is 32.4 Å². The average Bonchev–Trinajstić information content (AvgIpc) is 2.83. The summed E-state index contributed by atoms with van der Waals surface area (Å²) in [4.78, 5) is 16.5. The molecule has 0 bridgehead atoms. The second kappa shape index (κ2) is 5.28. The highest BCUT2D eigenvalue weighted by Gasteiger charge is 2.25. The van der Waals surface area contributed by atoms with Crippen molar-refractivity contribution in [1.29, 1.82) is 0 Å². The highest BCUT2D eigenvalue weighted by atomic mass is 16.5. The number of methoxy groups -OCH3 is 2. The van der Waals surface area contributed by atoms with Gasteiger partial charge < -0.3 is 14.8 Å². The van der Waals surface area contributed by atoms with Gasteiger partial charge in [0.05, 0.1) is 19.9 Å². The summed E-state index contributed by atoms with van der Waals surface area (Å²) in [6, 6.07) is 12.7. The highest BCUT2D eigenvalue weighted by Crippen LogP contribution is 2.33. The Labute approximate surface area is 122 Å². The maximum absolute atomic E-state index is 12.1. The maximum Gasteiger partial charge on any atom is 0.275 e. The standard InChI is InChI=1S/C16H14N2O3/c1-20-10-7-8-13(14(9-10)21-2)17-15-11-5-3-4-6-12(11)18-16(15)19/h3-9H,1-2H3,(H,17,18,19). The SMILES string of the molecule is COc1ccc(N=C2C(=O)Nc3ccccc32)c(OC)c1. The van der Waals surface area contributed by atoms with Crippen molar-refractivity contribution in [2.24, 2.45) is 4.99 Å². The van der Waals surface area contributed by atoms with Gasteiger partial charge in [0.1, 0.15) is 22.9 Å². The Balaban J connectivity index is 2.08. The monoisotopic (exact) mass is 282 g/mol. The van der Waals surface area contributed by atoms with Crippen LogP contribution in [0.1, 0.15) is 5.56 Å². The molecular formula is C16H14N2O3. The molecule has 0 unspecified atom stereocenters. The number of carbonyl (C=O) groups excluding carboxylic acids is 1. The minimum absolute atomic E-state index is 0.214. The lowest BCUT2D eigenvalue weighted by Gasteiger charge is -2.07.